The fourth-order valence-electron chi connectivity index (χ4n) is 21.4. The van der Waals surface area contributed by atoms with Crippen LogP contribution in [0.25, 0.3) is 0 Å². The Morgan fingerprint density at radius 2 is 1.24 bits per heavy atom. The molecule has 10 saturated heterocycles. The second kappa shape index (κ2) is 2.34. The van der Waals surface area contributed by atoms with Gasteiger partial charge in [-0.05, 0) is 0 Å². The topological polar surface area (TPSA) is 26.3 Å². The second-order valence-electron chi connectivity index (χ2n) is 16.0. The first-order valence-corrected chi connectivity index (χ1v) is 20.8. The molecule has 0 radical (unpaired) electrons. The maximum absolute atomic E-state index is 12.4. The van der Waals surface area contributed by atoms with Crippen LogP contribution in [0.1, 0.15) is 36.1 Å². The van der Waals surface area contributed by atoms with Crippen LogP contribution in [0.5, 0.6) is 0 Å². The van der Waals surface area contributed by atoms with Crippen molar-refractivity contribution >= 4 is 24.5 Å². The van der Waals surface area contributed by atoms with Gasteiger partial charge in [0.15, 0.2) is 0 Å². The monoisotopic (exact) mass is 512 g/mol. The van der Waals surface area contributed by atoms with Crippen LogP contribution in [0.2, 0.25) is 42.8 Å². The quantitative estimate of drug-likeness (QED) is 0.246. The summed E-state index contributed by atoms with van der Waals surface area (Å²) in [6.07, 6.45) is 0.163. The Balaban J connectivity index is 1.23. The molecule has 4 heteroatoms. The molecule has 6 atom stereocenters. The Kier molecular flexibility index (Phi) is 1.19. The normalized spacial score (nSPS) is 68.6. The molecule has 10 aliphatic rings. The molecule has 0 N–H and O–H groups in total. The van der Waals surface area contributed by atoms with Gasteiger partial charge in [-0.1, -0.05) is 0 Å². The summed E-state index contributed by atoms with van der Waals surface area (Å²) in [6.45, 7) is 9.35. The van der Waals surface area contributed by atoms with Crippen molar-refractivity contribution in [3.8, 4) is 0 Å². The predicted octanol–water partition coefficient (Wildman–Crippen LogP) is 6.97. The minimum absolute atomic E-state index is 0.0410. The molecular weight excluding hydrogens is 479 g/mol. The number of carbonyl (C=O) groups excluding carboxylic acids is 1. The van der Waals surface area contributed by atoms with Crippen LogP contribution in [0.3, 0.4) is 0 Å². The number of fused-ring (bicyclic) bond motifs is 10. The zero-order valence-corrected chi connectivity index (χ0v) is 22.8. The van der Waals surface area contributed by atoms with E-state index in [0.29, 0.717) is 8.37 Å². The van der Waals surface area contributed by atoms with E-state index in [1.165, 1.54) is 51.2 Å². The molecular formula is C30H33FeO2P. The van der Waals surface area contributed by atoms with E-state index in [2.05, 4.69) is 71.0 Å². The third kappa shape index (κ3) is 0.367. The number of carbonyl (C=O) groups is 1. The van der Waals surface area contributed by atoms with Gasteiger partial charge in [0.25, 0.3) is 0 Å². The molecule has 0 bridgehead atoms. The van der Waals surface area contributed by atoms with E-state index in [9.17, 15) is 4.79 Å². The summed E-state index contributed by atoms with van der Waals surface area (Å²) in [4.78, 5) is 21.7. The van der Waals surface area contributed by atoms with E-state index >= 15 is 0 Å². The Morgan fingerprint density at radius 3 is 1.59 bits per heavy atom. The summed E-state index contributed by atoms with van der Waals surface area (Å²) in [6, 6.07) is 15.0. The van der Waals surface area contributed by atoms with Gasteiger partial charge < -0.3 is 0 Å². The van der Waals surface area contributed by atoms with Crippen molar-refractivity contribution < 1.29 is 16.0 Å². The fraction of sp³-hybridized carbons (Fsp3) is 0.567. The predicted molar refractivity (Wildman–Crippen MR) is 135 cm³/mol. The molecule has 5 unspecified atom stereocenters. The fourth-order valence-corrected chi connectivity index (χ4v) is 113. The second-order valence-corrected chi connectivity index (χ2v) is 42.1. The standard InChI is InChI=1S/C25H28O2P.C5H5.Fe/c1-16-10-17(2)13-22(12-16)28(23-14-18(3)11-19(4)15-23)25-9-7-8-24(25)20(5)27-21(6)26;1-2-4-5-3-1;/h7-15,20H,1-6H3;1-5H;. The van der Waals surface area contributed by atoms with Crippen LogP contribution in [-0.2, 0) is 16.0 Å². The summed E-state index contributed by atoms with van der Waals surface area (Å²) in [7, 11) is -0.430. The molecule has 2 nitrogen and oxygen atoms in total. The van der Waals surface area contributed by atoms with Crippen molar-refractivity contribution in [2.75, 3.05) is 0 Å². The van der Waals surface area contributed by atoms with Gasteiger partial charge in [-0.25, -0.2) is 0 Å². The third-order valence-electron chi connectivity index (χ3n) is 19.1. The number of hydrogen-bond donors (Lipinski definition) is 0. The first-order valence-electron chi connectivity index (χ1n) is 13.3. The number of ether oxygens (including phenoxy) is 1. The molecule has 10 aliphatic heterocycles. The maximum atomic E-state index is 12.4. The SMILES string of the molecule is CC(=O)OC(C)[C@@]12[CH]3[CH]4[CH]5[C]1(P(c1cc(C)cc(C)c1)c1cc(C)cc(C)c1)[Fe]45321678[CH]2[CH]1[CH]6[CH]7[CH]28. The molecule has 12 rings (SSSR count). The van der Waals surface area contributed by atoms with Gasteiger partial charge in [-0.3, -0.25) is 0 Å². The first kappa shape index (κ1) is 17.3. The molecule has 0 aromatic heterocycles. The van der Waals surface area contributed by atoms with Gasteiger partial charge in [0.05, 0.1) is 0 Å². The van der Waals surface area contributed by atoms with E-state index in [4.69, 9.17) is 4.74 Å². The van der Waals surface area contributed by atoms with E-state index < -0.39 is 14.4 Å². The van der Waals surface area contributed by atoms with E-state index in [1.807, 2.05) is 0 Å². The van der Waals surface area contributed by atoms with Gasteiger partial charge in [0.2, 0.25) is 0 Å². The van der Waals surface area contributed by atoms with Crippen LogP contribution in [0.4, 0.5) is 0 Å². The average molecular weight is 512 g/mol. The summed E-state index contributed by atoms with van der Waals surface area (Å²) >= 11 is 0. The van der Waals surface area contributed by atoms with Gasteiger partial charge in [0.1, 0.15) is 0 Å². The third-order valence-corrected chi connectivity index (χ3v) is 69.2. The van der Waals surface area contributed by atoms with Gasteiger partial charge >= 0.3 is 194 Å². The molecule has 0 amide bonds. The molecule has 34 heavy (non-hydrogen) atoms. The molecule has 0 aliphatic carbocycles. The summed E-state index contributed by atoms with van der Waals surface area (Å²) < 4.78 is 7.38. The van der Waals surface area contributed by atoms with Gasteiger partial charge in [-0.15, -0.1) is 0 Å². The first-order chi connectivity index (χ1) is 15.9. The Morgan fingerprint density at radius 1 is 0.794 bits per heavy atom. The van der Waals surface area contributed by atoms with E-state index in [0.717, 1.165) is 9.63 Å². The van der Waals surface area contributed by atoms with Crippen LogP contribution in [0, 0.1) is 27.7 Å². The molecule has 1 spiro atoms. The van der Waals surface area contributed by atoms with Crippen LogP contribution in [0.15, 0.2) is 36.4 Å². The zero-order chi connectivity index (χ0) is 23.1. The number of hydrogen-bond acceptors (Lipinski definition) is 2. The van der Waals surface area contributed by atoms with Crippen molar-refractivity contribution in [1.29, 1.82) is 0 Å². The molecule has 178 valence electrons. The van der Waals surface area contributed by atoms with E-state index in [1.54, 1.807) is 17.5 Å². The van der Waals surface area contributed by atoms with Crippen molar-refractivity contribution in [3.05, 3.63) is 58.7 Å². The summed E-state index contributed by atoms with van der Waals surface area (Å²) in [5.74, 6) is -0.0410. The van der Waals surface area contributed by atoms with Gasteiger partial charge in [-0.2, -0.15) is 0 Å². The van der Waals surface area contributed by atoms with Crippen molar-refractivity contribution in [3.63, 3.8) is 0 Å². The Bertz CT molecular complexity index is 1780. The molecule has 10 fully saturated rings. The van der Waals surface area contributed by atoms with E-state index in [-0.39, 0.29) is 12.1 Å². The van der Waals surface area contributed by atoms with Crippen LogP contribution >= 0.6 is 7.92 Å². The number of benzene rings is 2. The van der Waals surface area contributed by atoms with Crippen LogP contribution < -0.4 is 10.6 Å². The summed E-state index contributed by atoms with van der Waals surface area (Å²) in [5.41, 5.74) is 5.67. The number of esters is 1. The van der Waals surface area contributed by atoms with Crippen molar-refractivity contribution in [2.45, 2.75) is 94.5 Å². The van der Waals surface area contributed by atoms with Crippen molar-refractivity contribution in [1.82, 2.24) is 0 Å². The average Bonchev–Trinajstić information content (AvgIpc) is 3.66. The molecule has 0 saturated carbocycles. The van der Waals surface area contributed by atoms with Crippen LogP contribution in [-0.4, -0.2) is 16.1 Å². The number of aryl methyl sites for hydroxylation is 4. The van der Waals surface area contributed by atoms with Crippen molar-refractivity contribution in [2.24, 2.45) is 0 Å². The number of rotatable bonds is 5. The molecule has 2 aromatic carbocycles. The minimum atomic E-state index is -3.84. The van der Waals surface area contributed by atoms with Gasteiger partial charge in [0, 0.05) is 0 Å². The Labute approximate surface area is 193 Å². The molecule has 2 aromatic rings. The summed E-state index contributed by atoms with van der Waals surface area (Å²) in [5, 5.41) is 3.31. The molecule has 10 heterocycles. The zero-order valence-electron chi connectivity index (χ0n) is 20.8. The Hall–Kier alpha value is -1.14.